The van der Waals surface area contributed by atoms with Crippen molar-refractivity contribution in [2.75, 3.05) is 13.1 Å². The molecule has 1 fully saturated rings. The predicted molar refractivity (Wildman–Crippen MR) is 115 cm³/mol. The van der Waals surface area contributed by atoms with E-state index >= 15 is 0 Å². The third-order valence-electron chi connectivity index (χ3n) is 5.53. The molecule has 0 unspecified atom stereocenters. The molecule has 7 heteroatoms. The van der Waals surface area contributed by atoms with Gasteiger partial charge in [0.2, 0.25) is 11.3 Å². The Bertz CT molecular complexity index is 1070. The van der Waals surface area contributed by atoms with Gasteiger partial charge in [-0.1, -0.05) is 36.4 Å². The predicted octanol–water partition coefficient (Wildman–Crippen LogP) is 1.67. The highest BCUT2D eigenvalue weighted by molar-refractivity contribution is 5.81. The maximum Gasteiger partial charge on any atom is 0.242 e. The van der Waals surface area contributed by atoms with Crippen molar-refractivity contribution in [1.82, 2.24) is 20.0 Å². The quantitative estimate of drug-likeness (QED) is 0.650. The van der Waals surface area contributed by atoms with Gasteiger partial charge in [0.05, 0.1) is 17.8 Å². The van der Waals surface area contributed by atoms with E-state index in [9.17, 15) is 14.7 Å². The number of benzene rings is 2. The van der Waals surface area contributed by atoms with Gasteiger partial charge in [0.25, 0.3) is 0 Å². The second-order valence-electron chi connectivity index (χ2n) is 7.78. The van der Waals surface area contributed by atoms with Crippen molar-refractivity contribution in [2.45, 2.75) is 38.6 Å². The van der Waals surface area contributed by atoms with Gasteiger partial charge in [0, 0.05) is 31.6 Å². The zero-order valence-electron chi connectivity index (χ0n) is 16.8. The van der Waals surface area contributed by atoms with Gasteiger partial charge >= 0.3 is 0 Å². The van der Waals surface area contributed by atoms with E-state index in [1.807, 2.05) is 18.2 Å². The number of hydrogen-bond donors (Lipinski definition) is 2. The molecule has 2 N–H and O–H groups in total. The number of carbonyl (C=O) groups is 1. The van der Waals surface area contributed by atoms with Gasteiger partial charge in [-0.05, 0) is 36.1 Å². The van der Waals surface area contributed by atoms with Gasteiger partial charge < -0.3 is 10.4 Å². The summed E-state index contributed by atoms with van der Waals surface area (Å²) in [5.41, 5.74) is 2.75. The van der Waals surface area contributed by atoms with Crippen LogP contribution in [0, 0.1) is 0 Å². The molecular formula is C23H26N4O3. The van der Waals surface area contributed by atoms with Crippen LogP contribution in [0.25, 0.3) is 10.9 Å². The number of aliphatic hydroxyl groups excluding tert-OH is 1. The fraction of sp³-hybridized carbons (Fsp3) is 0.348. The number of fused-ring (bicyclic) bond motifs is 1. The molecule has 2 heterocycles. The van der Waals surface area contributed by atoms with Gasteiger partial charge in [-0.15, -0.1) is 0 Å². The number of carbonyl (C=O) groups excluding carboxylic acids is 1. The Hall–Kier alpha value is -3.03. The third-order valence-corrected chi connectivity index (χ3v) is 5.53. The largest absolute Gasteiger partial charge is 0.393 e. The van der Waals surface area contributed by atoms with E-state index in [0.717, 1.165) is 38.0 Å². The van der Waals surface area contributed by atoms with Crippen molar-refractivity contribution in [3.8, 4) is 0 Å². The number of amides is 1. The highest BCUT2D eigenvalue weighted by atomic mass is 16.3. The second-order valence-corrected chi connectivity index (χ2v) is 7.78. The SMILES string of the molecule is O=C(Cn1ncc(=O)c2ccccc21)NCc1ccc(CN2CCC(O)CC2)cc1. The fourth-order valence-corrected chi connectivity index (χ4v) is 3.78. The molecule has 0 atom stereocenters. The molecule has 4 rings (SSSR count). The molecule has 30 heavy (non-hydrogen) atoms. The average Bonchev–Trinajstić information content (AvgIpc) is 2.77. The van der Waals surface area contributed by atoms with Crippen molar-refractivity contribution in [3.63, 3.8) is 0 Å². The van der Waals surface area contributed by atoms with Gasteiger partial charge in [0.15, 0.2) is 0 Å². The molecule has 1 aliphatic rings. The molecule has 1 aliphatic heterocycles. The van der Waals surface area contributed by atoms with E-state index in [0.29, 0.717) is 17.4 Å². The minimum Gasteiger partial charge on any atom is -0.393 e. The van der Waals surface area contributed by atoms with E-state index in [2.05, 4.69) is 27.4 Å². The molecule has 0 bridgehead atoms. The third kappa shape index (κ3) is 4.93. The van der Waals surface area contributed by atoms with Crippen LogP contribution in [0.5, 0.6) is 0 Å². The normalized spacial score (nSPS) is 15.4. The smallest absolute Gasteiger partial charge is 0.242 e. The van der Waals surface area contributed by atoms with Crippen LogP contribution < -0.4 is 10.7 Å². The van der Waals surface area contributed by atoms with Crippen molar-refractivity contribution in [3.05, 3.63) is 76.1 Å². The van der Waals surface area contributed by atoms with Gasteiger partial charge in [0.1, 0.15) is 6.54 Å². The lowest BCUT2D eigenvalue weighted by atomic mass is 10.1. The van der Waals surface area contributed by atoms with E-state index in [1.54, 1.807) is 22.9 Å². The topological polar surface area (TPSA) is 87.5 Å². The lowest BCUT2D eigenvalue weighted by molar-refractivity contribution is -0.121. The summed E-state index contributed by atoms with van der Waals surface area (Å²) < 4.78 is 1.55. The van der Waals surface area contributed by atoms with Gasteiger partial charge in [-0.3, -0.25) is 19.2 Å². The summed E-state index contributed by atoms with van der Waals surface area (Å²) in [5.74, 6) is -0.160. The highest BCUT2D eigenvalue weighted by Gasteiger charge is 2.16. The van der Waals surface area contributed by atoms with Crippen LogP contribution in [0.2, 0.25) is 0 Å². The van der Waals surface area contributed by atoms with E-state index in [-0.39, 0.29) is 24.0 Å². The Balaban J connectivity index is 1.31. The zero-order chi connectivity index (χ0) is 20.9. The van der Waals surface area contributed by atoms with Gasteiger partial charge in [-0.2, -0.15) is 5.10 Å². The maximum atomic E-state index is 12.4. The zero-order valence-corrected chi connectivity index (χ0v) is 16.8. The van der Waals surface area contributed by atoms with E-state index in [1.165, 1.54) is 11.8 Å². The minimum absolute atomic E-state index is 0.0552. The first-order valence-corrected chi connectivity index (χ1v) is 10.3. The van der Waals surface area contributed by atoms with Crippen molar-refractivity contribution >= 4 is 16.8 Å². The average molecular weight is 406 g/mol. The van der Waals surface area contributed by atoms with Crippen molar-refractivity contribution < 1.29 is 9.90 Å². The molecule has 0 radical (unpaired) electrons. The van der Waals surface area contributed by atoms with Crippen LogP contribution >= 0.6 is 0 Å². The van der Waals surface area contributed by atoms with Crippen LogP contribution in [-0.2, 0) is 24.4 Å². The minimum atomic E-state index is -0.160. The summed E-state index contributed by atoms with van der Waals surface area (Å²) in [6.45, 7) is 3.22. The molecule has 3 aromatic rings. The molecule has 1 aromatic heterocycles. The van der Waals surface area contributed by atoms with E-state index in [4.69, 9.17) is 0 Å². The highest BCUT2D eigenvalue weighted by Crippen LogP contribution is 2.14. The number of hydrogen-bond acceptors (Lipinski definition) is 5. The summed E-state index contributed by atoms with van der Waals surface area (Å²) in [5, 5.41) is 17.2. The van der Waals surface area contributed by atoms with Crippen LogP contribution in [-0.4, -0.2) is 44.9 Å². The number of nitrogens with one attached hydrogen (secondary N) is 1. The number of aromatic nitrogens is 2. The monoisotopic (exact) mass is 406 g/mol. The summed E-state index contributed by atoms with van der Waals surface area (Å²) in [7, 11) is 0. The number of nitrogens with zero attached hydrogens (tertiary/aromatic N) is 3. The summed E-state index contributed by atoms with van der Waals surface area (Å²) in [4.78, 5) is 26.7. The Labute approximate surface area is 174 Å². The van der Waals surface area contributed by atoms with Gasteiger partial charge in [-0.25, -0.2) is 0 Å². The number of likely N-dealkylation sites (tertiary alicyclic amines) is 1. The Morgan fingerprint density at radius 1 is 1.07 bits per heavy atom. The molecular weight excluding hydrogens is 380 g/mol. The molecule has 7 nitrogen and oxygen atoms in total. The van der Waals surface area contributed by atoms with Crippen LogP contribution in [0.15, 0.2) is 59.5 Å². The molecule has 2 aromatic carbocycles. The van der Waals surface area contributed by atoms with E-state index < -0.39 is 0 Å². The Morgan fingerprint density at radius 3 is 2.53 bits per heavy atom. The summed E-state index contributed by atoms with van der Waals surface area (Å²) >= 11 is 0. The first kappa shape index (κ1) is 20.3. The number of piperidine rings is 1. The lowest BCUT2D eigenvalue weighted by Gasteiger charge is -2.29. The summed E-state index contributed by atoms with van der Waals surface area (Å²) in [6.07, 6.45) is 2.77. The first-order valence-electron chi connectivity index (χ1n) is 10.3. The molecule has 1 amide bonds. The first-order chi connectivity index (χ1) is 14.6. The standard InChI is InChI=1S/C23H26N4O3/c28-19-9-11-26(12-10-19)15-18-7-5-17(6-8-18)13-24-23(30)16-27-21-4-2-1-3-20(21)22(29)14-25-27/h1-8,14,19,28H,9-13,15-16H2,(H,24,30). The number of aliphatic hydroxyl groups is 1. The maximum absolute atomic E-state index is 12.4. The van der Waals surface area contributed by atoms with Crippen LogP contribution in [0.4, 0.5) is 0 Å². The van der Waals surface area contributed by atoms with Crippen LogP contribution in [0.3, 0.4) is 0 Å². The number of para-hydroxylation sites is 1. The Kier molecular flexibility index (Phi) is 6.21. The van der Waals surface area contributed by atoms with Crippen LogP contribution in [0.1, 0.15) is 24.0 Å². The molecule has 0 spiro atoms. The summed E-state index contributed by atoms with van der Waals surface area (Å²) in [6, 6.07) is 15.4. The van der Waals surface area contributed by atoms with Crippen molar-refractivity contribution in [1.29, 1.82) is 0 Å². The fourth-order valence-electron chi connectivity index (χ4n) is 3.78. The number of rotatable bonds is 6. The van der Waals surface area contributed by atoms with Crippen molar-refractivity contribution in [2.24, 2.45) is 0 Å². The molecule has 0 saturated carbocycles. The molecule has 1 saturated heterocycles. The molecule has 0 aliphatic carbocycles. The lowest BCUT2D eigenvalue weighted by Crippen LogP contribution is -2.35. The molecule has 156 valence electrons. The second kappa shape index (κ2) is 9.19. The Morgan fingerprint density at radius 2 is 1.77 bits per heavy atom.